The zero-order valence-electron chi connectivity index (χ0n) is 18.8. The minimum atomic E-state index is 0.245. The Kier molecular flexibility index (Phi) is 6.70. The topological polar surface area (TPSA) is 106 Å². The lowest BCUT2D eigenvalue weighted by Crippen LogP contribution is -2.25. The van der Waals surface area contributed by atoms with Crippen molar-refractivity contribution in [1.82, 2.24) is 19.9 Å². The van der Waals surface area contributed by atoms with Gasteiger partial charge in [-0.3, -0.25) is 0 Å². The first-order valence-corrected chi connectivity index (χ1v) is 11.1. The van der Waals surface area contributed by atoms with Gasteiger partial charge in [0, 0.05) is 12.1 Å². The van der Waals surface area contributed by atoms with Crippen molar-refractivity contribution in [2.45, 2.75) is 39.7 Å². The van der Waals surface area contributed by atoms with E-state index in [1.165, 1.54) is 0 Å². The van der Waals surface area contributed by atoms with Crippen LogP contribution < -0.4 is 11.1 Å². The second-order valence-corrected chi connectivity index (χ2v) is 7.86. The zero-order chi connectivity index (χ0) is 22.5. The molecule has 4 aromatic rings. The number of pyridine rings is 1. The minimum absolute atomic E-state index is 0.245. The first-order chi connectivity index (χ1) is 15.6. The molecule has 0 radical (unpaired) electrons. The van der Waals surface area contributed by atoms with Gasteiger partial charge in [-0.1, -0.05) is 13.8 Å². The Morgan fingerprint density at radius 1 is 1.00 bits per heavy atom. The Morgan fingerprint density at radius 3 is 2.25 bits per heavy atom. The summed E-state index contributed by atoms with van der Waals surface area (Å²) in [6, 6.07) is 9.39. The van der Waals surface area contributed by atoms with Crippen LogP contribution in [0.3, 0.4) is 0 Å². The summed E-state index contributed by atoms with van der Waals surface area (Å²) in [4.78, 5) is 16.5. The van der Waals surface area contributed by atoms with Gasteiger partial charge in [-0.15, -0.1) is 0 Å². The van der Waals surface area contributed by atoms with Crippen LogP contribution in [0.4, 0.5) is 11.5 Å². The summed E-state index contributed by atoms with van der Waals surface area (Å²) in [5, 5.41) is 3.57. The maximum absolute atomic E-state index is 6.11. The predicted octanol–water partition coefficient (Wildman–Crippen LogP) is 5.05. The molecule has 0 aliphatic carbocycles. The van der Waals surface area contributed by atoms with Crippen molar-refractivity contribution in [3.63, 3.8) is 0 Å². The summed E-state index contributed by atoms with van der Waals surface area (Å²) in [6.45, 7) is 9.81. The summed E-state index contributed by atoms with van der Waals surface area (Å²) < 4.78 is 11.2. The molecule has 32 heavy (non-hydrogen) atoms. The van der Waals surface area contributed by atoms with Gasteiger partial charge in [0.15, 0.2) is 17.2 Å². The molecule has 4 rings (SSSR count). The van der Waals surface area contributed by atoms with E-state index in [2.05, 4.69) is 36.0 Å². The van der Waals surface area contributed by atoms with E-state index in [1.54, 1.807) is 12.5 Å². The normalized spacial score (nSPS) is 12.5. The number of fused-ring (bicyclic) bond motifs is 1. The molecule has 1 atom stereocenters. The highest BCUT2D eigenvalue weighted by Crippen LogP contribution is 2.33. The molecule has 3 N–H and O–H groups in total. The maximum atomic E-state index is 6.11. The van der Waals surface area contributed by atoms with Crippen LogP contribution in [0.25, 0.3) is 34.1 Å². The van der Waals surface area contributed by atoms with Crippen LogP contribution in [-0.4, -0.2) is 45.5 Å². The van der Waals surface area contributed by atoms with Crippen molar-refractivity contribution in [2.24, 2.45) is 0 Å². The minimum Gasteiger partial charge on any atom is -0.463 e. The maximum Gasteiger partial charge on any atom is 0.183 e. The van der Waals surface area contributed by atoms with E-state index in [0.717, 1.165) is 38.2 Å². The number of nitrogens with two attached hydrogens (primary N) is 1. The van der Waals surface area contributed by atoms with E-state index in [-0.39, 0.29) is 6.04 Å². The molecule has 8 nitrogen and oxygen atoms in total. The van der Waals surface area contributed by atoms with Gasteiger partial charge in [-0.2, -0.15) is 0 Å². The van der Waals surface area contributed by atoms with E-state index >= 15 is 0 Å². The standard InChI is InChI=1S/C24H30N6O2/c1-4-30(5-2)12-6-9-16(3)26-17-15-20(25)27-24-21(17)28-22(18-10-7-13-31-18)23(29-24)19-11-8-14-32-19/h7-8,10-11,13-16H,4-6,9,12H2,1-3H3,(H3,25,26,27,29). The average molecular weight is 435 g/mol. The van der Waals surface area contributed by atoms with Crippen molar-refractivity contribution >= 4 is 22.7 Å². The van der Waals surface area contributed by atoms with Gasteiger partial charge in [0.25, 0.3) is 0 Å². The highest BCUT2D eigenvalue weighted by atomic mass is 16.3. The molecule has 0 fully saturated rings. The fourth-order valence-electron chi connectivity index (χ4n) is 3.83. The van der Waals surface area contributed by atoms with Crippen LogP contribution in [0, 0.1) is 0 Å². The Balaban J connectivity index is 1.67. The molecule has 0 saturated heterocycles. The molecule has 0 amide bonds. The SMILES string of the molecule is CCN(CC)CCCC(C)Nc1cc(N)nc2nc(-c3ccco3)c(-c3ccco3)nc12. The van der Waals surface area contributed by atoms with Gasteiger partial charge < -0.3 is 24.8 Å². The molecule has 1 unspecified atom stereocenters. The van der Waals surface area contributed by atoms with Gasteiger partial charge in [-0.25, -0.2) is 15.0 Å². The molecule has 4 aromatic heterocycles. The smallest absolute Gasteiger partial charge is 0.183 e. The monoisotopic (exact) mass is 434 g/mol. The molecule has 168 valence electrons. The summed E-state index contributed by atoms with van der Waals surface area (Å²) in [5.41, 5.74) is 9.20. The van der Waals surface area contributed by atoms with Crippen LogP contribution in [-0.2, 0) is 0 Å². The fraction of sp³-hybridized carbons (Fsp3) is 0.375. The van der Waals surface area contributed by atoms with Gasteiger partial charge in [0.05, 0.1) is 18.2 Å². The Labute approximate surface area is 187 Å². The molecule has 0 saturated carbocycles. The third-order valence-electron chi connectivity index (χ3n) is 5.58. The summed E-state index contributed by atoms with van der Waals surface area (Å²) in [5.74, 6) is 1.59. The van der Waals surface area contributed by atoms with Gasteiger partial charge in [0.1, 0.15) is 22.7 Å². The van der Waals surface area contributed by atoms with Crippen molar-refractivity contribution in [1.29, 1.82) is 0 Å². The fourth-order valence-corrected chi connectivity index (χ4v) is 3.83. The van der Waals surface area contributed by atoms with E-state index in [0.29, 0.717) is 39.9 Å². The number of nitrogen functional groups attached to an aromatic ring is 1. The van der Waals surface area contributed by atoms with E-state index < -0.39 is 0 Å². The van der Waals surface area contributed by atoms with Crippen LogP contribution in [0.5, 0.6) is 0 Å². The van der Waals surface area contributed by atoms with Crippen LogP contribution in [0.2, 0.25) is 0 Å². The molecular weight excluding hydrogens is 404 g/mol. The van der Waals surface area contributed by atoms with Gasteiger partial charge in [-0.05, 0) is 63.7 Å². The van der Waals surface area contributed by atoms with Crippen molar-refractivity contribution in [3.05, 3.63) is 42.9 Å². The number of anilines is 2. The van der Waals surface area contributed by atoms with Crippen LogP contribution >= 0.6 is 0 Å². The number of nitrogens with one attached hydrogen (secondary N) is 1. The number of nitrogens with zero attached hydrogens (tertiary/aromatic N) is 4. The predicted molar refractivity (Wildman–Crippen MR) is 127 cm³/mol. The lowest BCUT2D eigenvalue weighted by atomic mass is 10.1. The molecule has 4 heterocycles. The third-order valence-corrected chi connectivity index (χ3v) is 5.58. The van der Waals surface area contributed by atoms with Crippen LogP contribution in [0.1, 0.15) is 33.6 Å². The van der Waals surface area contributed by atoms with E-state index in [1.807, 2.05) is 30.3 Å². The second-order valence-electron chi connectivity index (χ2n) is 7.86. The first kappa shape index (κ1) is 21.8. The van der Waals surface area contributed by atoms with Crippen molar-refractivity contribution in [2.75, 3.05) is 30.7 Å². The molecular formula is C24H30N6O2. The molecule has 0 aliphatic heterocycles. The molecule has 0 aromatic carbocycles. The average Bonchev–Trinajstić information content (AvgIpc) is 3.50. The number of hydrogen-bond donors (Lipinski definition) is 2. The van der Waals surface area contributed by atoms with Crippen molar-refractivity contribution < 1.29 is 8.83 Å². The van der Waals surface area contributed by atoms with Gasteiger partial charge in [0.2, 0.25) is 0 Å². The number of hydrogen-bond acceptors (Lipinski definition) is 8. The summed E-state index contributed by atoms with van der Waals surface area (Å²) in [6.07, 6.45) is 5.36. The van der Waals surface area contributed by atoms with E-state index in [9.17, 15) is 0 Å². The highest BCUT2D eigenvalue weighted by Gasteiger charge is 2.20. The molecule has 0 bridgehead atoms. The zero-order valence-corrected chi connectivity index (χ0v) is 18.8. The number of furan rings is 2. The lowest BCUT2D eigenvalue weighted by molar-refractivity contribution is 0.295. The van der Waals surface area contributed by atoms with Crippen molar-refractivity contribution in [3.8, 4) is 22.9 Å². The number of aromatic nitrogens is 3. The molecule has 0 aliphatic rings. The van der Waals surface area contributed by atoms with E-state index in [4.69, 9.17) is 24.5 Å². The Bertz CT molecular complexity index is 1140. The molecule has 8 heteroatoms. The highest BCUT2D eigenvalue weighted by molar-refractivity contribution is 5.91. The lowest BCUT2D eigenvalue weighted by Gasteiger charge is -2.21. The summed E-state index contributed by atoms with van der Waals surface area (Å²) in [7, 11) is 0. The van der Waals surface area contributed by atoms with Gasteiger partial charge >= 0.3 is 0 Å². The quantitative estimate of drug-likeness (QED) is 0.357. The largest absolute Gasteiger partial charge is 0.463 e. The number of rotatable bonds is 10. The molecule has 0 spiro atoms. The Hall–Kier alpha value is -3.39. The first-order valence-electron chi connectivity index (χ1n) is 11.1. The van der Waals surface area contributed by atoms with Crippen LogP contribution in [0.15, 0.2) is 51.7 Å². The second kappa shape index (κ2) is 9.82. The third kappa shape index (κ3) is 4.75. The summed E-state index contributed by atoms with van der Waals surface area (Å²) >= 11 is 0. The Morgan fingerprint density at radius 2 is 1.66 bits per heavy atom.